The van der Waals surface area contributed by atoms with E-state index in [-0.39, 0.29) is 11.9 Å². The highest BCUT2D eigenvalue weighted by molar-refractivity contribution is 6.07. The highest BCUT2D eigenvalue weighted by Crippen LogP contribution is 2.48. The quantitative estimate of drug-likeness (QED) is 0.349. The minimum atomic E-state index is -0.674. The van der Waals surface area contributed by atoms with Gasteiger partial charge in [-0.2, -0.15) is 0 Å². The lowest BCUT2D eigenvalue weighted by molar-refractivity contribution is -0.135. The maximum absolute atomic E-state index is 13.5. The Balaban J connectivity index is 1.64. The molecule has 1 aliphatic heterocycles. The van der Waals surface area contributed by atoms with E-state index in [2.05, 4.69) is 18.2 Å². The number of rotatable bonds is 7. The Morgan fingerprint density at radius 1 is 0.735 bits per heavy atom. The van der Waals surface area contributed by atoms with Gasteiger partial charge in [0, 0.05) is 12.1 Å². The molecule has 1 fully saturated rings. The van der Waals surface area contributed by atoms with Crippen LogP contribution >= 0.6 is 0 Å². The summed E-state index contributed by atoms with van der Waals surface area (Å²) in [5.41, 5.74) is 1.65. The zero-order chi connectivity index (χ0) is 23.7. The molecule has 4 aromatic rings. The molecule has 5 rings (SSSR count). The summed E-state index contributed by atoms with van der Waals surface area (Å²) in [6.45, 7) is 0. The number of fused-ring (bicyclic) bond motifs is 1. The standard InChI is InChI=1S/C28H25NO5/c1-31-23-16-19(17-24(32-2)26(23)33-3)29-25(22-15-9-11-18-10-7-8-14-21(18)22)27(28(29)30)34-20-12-5-4-6-13-20/h4-17,25,27H,1-3H3/t25-,27+/m1/s1. The molecule has 1 heterocycles. The SMILES string of the molecule is COc1cc(N2C(=O)[C@@H](Oc3ccccc3)[C@H]2c2cccc3ccccc23)cc(OC)c1OC. The van der Waals surface area contributed by atoms with Gasteiger partial charge in [-0.05, 0) is 28.5 Å². The van der Waals surface area contributed by atoms with Crippen molar-refractivity contribution in [1.82, 2.24) is 0 Å². The Hall–Kier alpha value is -4.19. The van der Waals surface area contributed by atoms with Gasteiger partial charge in [0.15, 0.2) is 11.5 Å². The lowest BCUT2D eigenvalue weighted by Gasteiger charge is -2.47. The fourth-order valence-corrected chi connectivity index (χ4v) is 4.53. The second-order valence-electron chi connectivity index (χ2n) is 7.96. The molecule has 1 saturated heterocycles. The minimum absolute atomic E-state index is 0.143. The van der Waals surface area contributed by atoms with Crippen molar-refractivity contribution in [2.45, 2.75) is 12.1 Å². The summed E-state index contributed by atoms with van der Waals surface area (Å²) < 4.78 is 22.7. The van der Waals surface area contributed by atoms with Crippen molar-refractivity contribution in [3.05, 3.63) is 90.5 Å². The molecule has 0 N–H and O–H groups in total. The number of para-hydroxylation sites is 1. The average molecular weight is 456 g/mol. The number of carbonyl (C=O) groups excluding carboxylic acids is 1. The number of methoxy groups -OCH3 is 3. The molecule has 6 heteroatoms. The van der Waals surface area contributed by atoms with Gasteiger partial charge >= 0.3 is 0 Å². The predicted molar refractivity (Wildman–Crippen MR) is 131 cm³/mol. The molecular weight excluding hydrogens is 430 g/mol. The molecule has 1 amide bonds. The van der Waals surface area contributed by atoms with Crippen LogP contribution in [-0.2, 0) is 4.79 Å². The lowest BCUT2D eigenvalue weighted by Crippen LogP contribution is -2.61. The number of carbonyl (C=O) groups is 1. The smallest absolute Gasteiger partial charge is 0.271 e. The van der Waals surface area contributed by atoms with Gasteiger partial charge in [0.25, 0.3) is 5.91 Å². The number of nitrogens with zero attached hydrogens (tertiary/aromatic N) is 1. The van der Waals surface area contributed by atoms with E-state index in [1.165, 1.54) is 0 Å². The van der Waals surface area contributed by atoms with E-state index in [9.17, 15) is 4.79 Å². The first kappa shape index (κ1) is 21.6. The van der Waals surface area contributed by atoms with Crippen LogP contribution < -0.4 is 23.8 Å². The van der Waals surface area contributed by atoms with E-state index in [1.54, 1.807) is 38.4 Å². The maximum atomic E-state index is 13.5. The summed E-state index contributed by atoms with van der Waals surface area (Å²) in [7, 11) is 4.67. The van der Waals surface area contributed by atoms with Gasteiger partial charge in [0.05, 0.1) is 27.0 Å². The zero-order valence-electron chi connectivity index (χ0n) is 19.2. The van der Waals surface area contributed by atoms with Crippen molar-refractivity contribution in [2.75, 3.05) is 26.2 Å². The Morgan fingerprint density at radius 2 is 1.38 bits per heavy atom. The van der Waals surface area contributed by atoms with Gasteiger partial charge in [-0.15, -0.1) is 0 Å². The summed E-state index contributed by atoms with van der Waals surface area (Å²) in [6.07, 6.45) is -0.674. The van der Waals surface area contributed by atoms with Crippen LogP contribution in [0.25, 0.3) is 10.8 Å². The largest absolute Gasteiger partial charge is 0.493 e. The highest BCUT2D eigenvalue weighted by Gasteiger charge is 2.52. The summed E-state index contributed by atoms with van der Waals surface area (Å²) >= 11 is 0. The summed E-state index contributed by atoms with van der Waals surface area (Å²) in [5, 5.41) is 2.17. The van der Waals surface area contributed by atoms with Crippen LogP contribution in [0.1, 0.15) is 11.6 Å². The van der Waals surface area contributed by atoms with Crippen molar-refractivity contribution in [3.8, 4) is 23.0 Å². The van der Waals surface area contributed by atoms with Crippen molar-refractivity contribution in [2.24, 2.45) is 0 Å². The summed E-state index contributed by atoms with van der Waals surface area (Å²) in [4.78, 5) is 15.3. The Bertz CT molecular complexity index is 1310. The van der Waals surface area contributed by atoms with Gasteiger partial charge in [-0.25, -0.2) is 0 Å². The third-order valence-electron chi connectivity index (χ3n) is 6.12. The summed E-state index contributed by atoms with van der Waals surface area (Å²) in [6, 6.07) is 26.9. The maximum Gasteiger partial charge on any atom is 0.271 e. The molecule has 0 bridgehead atoms. The van der Waals surface area contributed by atoms with Crippen LogP contribution in [0.3, 0.4) is 0 Å². The first-order chi connectivity index (χ1) is 16.7. The predicted octanol–water partition coefficient (Wildman–Crippen LogP) is 5.40. The van der Waals surface area contributed by atoms with E-state index in [0.29, 0.717) is 28.7 Å². The fourth-order valence-electron chi connectivity index (χ4n) is 4.53. The van der Waals surface area contributed by atoms with Gasteiger partial charge in [-0.3, -0.25) is 9.69 Å². The topological polar surface area (TPSA) is 57.2 Å². The number of ether oxygens (including phenoxy) is 4. The summed E-state index contributed by atoms with van der Waals surface area (Å²) in [5.74, 6) is 1.94. The fraction of sp³-hybridized carbons (Fsp3) is 0.179. The molecule has 34 heavy (non-hydrogen) atoms. The third-order valence-corrected chi connectivity index (χ3v) is 6.12. The second-order valence-corrected chi connectivity index (χ2v) is 7.96. The molecule has 2 atom stereocenters. The highest BCUT2D eigenvalue weighted by atomic mass is 16.5. The molecule has 0 aliphatic carbocycles. The molecule has 1 aliphatic rings. The number of anilines is 1. The molecular formula is C28H25NO5. The zero-order valence-corrected chi connectivity index (χ0v) is 19.2. The number of benzene rings is 4. The Morgan fingerprint density at radius 3 is 2.06 bits per heavy atom. The Labute approximate surface area is 198 Å². The van der Waals surface area contributed by atoms with E-state index in [1.807, 2.05) is 54.6 Å². The molecule has 172 valence electrons. The van der Waals surface area contributed by atoms with E-state index in [0.717, 1.165) is 16.3 Å². The lowest BCUT2D eigenvalue weighted by atomic mass is 9.86. The number of hydrogen-bond donors (Lipinski definition) is 0. The van der Waals surface area contributed by atoms with Crippen LogP contribution in [-0.4, -0.2) is 33.3 Å². The molecule has 0 saturated carbocycles. The average Bonchev–Trinajstić information content (AvgIpc) is 2.89. The van der Waals surface area contributed by atoms with E-state index < -0.39 is 6.10 Å². The van der Waals surface area contributed by atoms with Crippen LogP contribution in [0.2, 0.25) is 0 Å². The molecule has 0 aromatic heterocycles. The Kier molecular flexibility index (Phi) is 5.72. The van der Waals surface area contributed by atoms with Gasteiger partial charge in [0.2, 0.25) is 11.9 Å². The van der Waals surface area contributed by atoms with Crippen LogP contribution in [0, 0.1) is 0 Å². The molecule has 6 nitrogen and oxygen atoms in total. The van der Waals surface area contributed by atoms with E-state index >= 15 is 0 Å². The van der Waals surface area contributed by atoms with Crippen molar-refractivity contribution < 1.29 is 23.7 Å². The monoisotopic (exact) mass is 455 g/mol. The van der Waals surface area contributed by atoms with Crippen LogP contribution in [0.15, 0.2) is 84.9 Å². The molecule has 0 unspecified atom stereocenters. The minimum Gasteiger partial charge on any atom is -0.493 e. The first-order valence-electron chi connectivity index (χ1n) is 11.0. The van der Waals surface area contributed by atoms with Crippen LogP contribution in [0.5, 0.6) is 23.0 Å². The van der Waals surface area contributed by atoms with Crippen LogP contribution in [0.4, 0.5) is 5.69 Å². The first-order valence-corrected chi connectivity index (χ1v) is 11.0. The van der Waals surface area contributed by atoms with Crippen molar-refractivity contribution in [1.29, 1.82) is 0 Å². The normalized spacial score (nSPS) is 17.3. The molecule has 0 radical (unpaired) electrons. The van der Waals surface area contributed by atoms with Gasteiger partial charge < -0.3 is 18.9 Å². The molecule has 0 spiro atoms. The molecule has 4 aromatic carbocycles. The van der Waals surface area contributed by atoms with Gasteiger partial charge in [-0.1, -0.05) is 60.7 Å². The van der Waals surface area contributed by atoms with Gasteiger partial charge in [0.1, 0.15) is 11.8 Å². The third kappa shape index (κ3) is 3.57. The van der Waals surface area contributed by atoms with Crippen molar-refractivity contribution >= 4 is 22.4 Å². The number of β-lactam (4-membered cyclic amide) rings is 1. The van der Waals surface area contributed by atoms with Crippen molar-refractivity contribution in [3.63, 3.8) is 0 Å². The van der Waals surface area contributed by atoms with E-state index in [4.69, 9.17) is 18.9 Å². The number of amides is 1. The second kappa shape index (κ2) is 8.98. The number of hydrogen-bond acceptors (Lipinski definition) is 5.